The summed E-state index contributed by atoms with van der Waals surface area (Å²) in [5.74, 6) is 0.864. The molecule has 1 unspecified atom stereocenters. The van der Waals surface area contributed by atoms with Crippen molar-refractivity contribution in [3.63, 3.8) is 0 Å². The van der Waals surface area contributed by atoms with Crippen LogP contribution in [0.5, 0.6) is 0 Å². The van der Waals surface area contributed by atoms with Crippen LogP contribution < -0.4 is 5.32 Å². The Kier molecular flexibility index (Phi) is 6.08. The molecule has 0 fully saturated rings. The Morgan fingerprint density at radius 3 is 2.76 bits per heavy atom. The van der Waals surface area contributed by atoms with Crippen LogP contribution in [0.3, 0.4) is 0 Å². The standard InChI is InChI=1S/C13H23N3O/c1-5-14-10(3)12-9-15-13(16-11(12)4)7-8-17-6-2/h9-10,14H,5-8H2,1-4H3. The first kappa shape index (κ1) is 14.1. The lowest BCUT2D eigenvalue weighted by molar-refractivity contribution is 0.149. The van der Waals surface area contributed by atoms with Gasteiger partial charge in [0.2, 0.25) is 0 Å². The molecule has 1 aromatic rings. The molecule has 1 heterocycles. The Morgan fingerprint density at radius 1 is 1.41 bits per heavy atom. The first-order valence-corrected chi connectivity index (χ1v) is 6.32. The summed E-state index contributed by atoms with van der Waals surface area (Å²) in [6.45, 7) is 10.7. The second kappa shape index (κ2) is 7.35. The summed E-state index contributed by atoms with van der Waals surface area (Å²) >= 11 is 0. The van der Waals surface area contributed by atoms with E-state index in [0.29, 0.717) is 12.6 Å². The van der Waals surface area contributed by atoms with Gasteiger partial charge in [-0.3, -0.25) is 0 Å². The third-order valence-electron chi connectivity index (χ3n) is 2.72. The van der Waals surface area contributed by atoms with Crippen molar-refractivity contribution in [1.82, 2.24) is 15.3 Å². The monoisotopic (exact) mass is 237 g/mol. The average molecular weight is 237 g/mol. The molecule has 0 radical (unpaired) electrons. The first-order chi connectivity index (χ1) is 8.19. The second-order valence-electron chi connectivity index (χ2n) is 4.05. The average Bonchev–Trinajstić information content (AvgIpc) is 2.29. The summed E-state index contributed by atoms with van der Waals surface area (Å²) < 4.78 is 5.30. The molecule has 1 rings (SSSR count). The maximum Gasteiger partial charge on any atom is 0.130 e. The number of hydrogen-bond acceptors (Lipinski definition) is 4. The summed E-state index contributed by atoms with van der Waals surface area (Å²) in [6.07, 6.45) is 2.71. The lowest BCUT2D eigenvalue weighted by atomic mass is 10.1. The molecule has 1 aromatic heterocycles. The van der Waals surface area contributed by atoms with E-state index in [-0.39, 0.29) is 0 Å². The minimum absolute atomic E-state index is 0.306. The molecule has 0 amide bonds. The van der Waals surface area contributed by atoms with Crippen LogP contribution in [0.25, 0.3) is 0 Å². The van der Waals surface area contributed by atoms with Crippen molar-refractivity contribution in [3.8, 4) is 0 Å². The lowest BCUT2D eigenvalue weighted by Gasteiger charge is -2.14. The largest absolute Gasteiger partial charge is 0.381 e. The number of ether oxygens (including phenoxy) is 1. The molecule has 17 heavy (non-hydrogen) atoms. The molecular formula is C13H23N3O. The Balaban J connectivity index is 2.65. The third kappa shape index (κ3) is 4.40. The van der Waals surface area contributed by atoms with E-state index < -0.39 is 0 Å². The fraction of sp³-hybridized carbons (Fsp3) is 0.692. The van der Waals surface area contributed by atoms with Gasteiger partial charge >= 0.3 is 0 Å². The van der Waals surface area contributed by atoms with Gasteiger partial charge in [0.25, 0.3) is 0 Å². The zero-order valence-electron chi connectivity index (χ0n) is 11.3. The van der Waals surface area contributed by atoms with Gasteiger partial charge in [-0.25, -0.2) is 9.97 Å². The van der Waals surface area contributed by atoms with Gasteiger partial charge in [-0.1, -0.05) is 6.92 Å². The Hall–Kier alpha value is -1.00. The highest BCUT2D eigenvalue weighted by Gasteiger charge is 2.09. The number of rotatable bonds is 7. The van der Waals surface area contributed by atoms with Gasteiger partial charge in [-0.2, -0.15) is 0 Å². The van der Waals surface area contributed by atoms with E-state index in [0.717, 1.165) is 31.1 Å². The molecule has 0 bridgehead atoms. The highest BCUT2D eigenvalue weighted by Crippen LogP contribution is 2.14. The zero-order valence-corrected chi connectivity index (χ0v) is 11.3. The summed E-state index contributed by atoms with van der Waals surface area (Å²) in [7, 11) is 0. The molecule has 96 valence electrons. The number of nitrogens with one attached hydrogen (secondary N) is 1. The minimum Gasteiger partial charge on any atom is -0.381 e. The highest BCUT2D eigenvalue weighted by molar-refractivity contribution is 5.19. The van der Waals surface area contributed by atoms with Gasteiger partial charge in [0.1, 0.15) is 5.82 Å². The first-order valence-electron chi connectivity index (χ1n) is 6.32. The normalized spacial score (nSPS) is 12.7. The van der Waals surface area contributed by atoms with Crippen LogP contribution in [0.4, 0.5) is 0 Å². The molecule has 1 atom stereocenters. The predicted molar refractivity (Wildman–Crippen MR) is 69.1 cm³/mol. The van der Waals surface area contributed by atoms with E-state index in [1.54, 1.807) is 0 Å². The smallest absolute Gasteiger partial charge is 0.130 e. The summed E-state index contributed by atoms with van der Waals surface area (Å²) in [5, 5.41) is 3.37. The van der Waals surface area contributed by atoms with Crippen LogP contribution in [-0.4, -0.2) is 29.7 Å². The molecule has 4 nitrogen and oxygen atoms in total. The van der Waals surface area contributed by atoms with Crippen molar-refractivity contribution < 1.29 is 4.74 Å². The van der Waals surface area contributed by atoms with Crippen LogP contribution in [0, 0.1) is 6.92 Å². The summed E-state index contributed by atoms with van der Waals surface area (Å²) in [6, 6.07) is 0.306. The van der Waals surface area contributed by atoms with Gasteiger partial charge in [0, 0.05) is 36.5 Å². The quantitative estimate of drug-likeness (QED) is 0.737. The van der Waals surface area contributed by atoms with E-state index >= 15 is 0 Å². The third-order valence-corrected chi connectivity index (χ3v) is 2.72. The van der Waals surface area contributed by atoms with Crippen LogP contribution in [0.15, 0.2) is 6.20 Å². The van der Waals surface area contributed by atoms with E-state index in [1.807, 2.05) is 20.0 Å². The van der Waals surface area contributed by atoms with Crippen molar-refractivity contribution in [2.24, 2.45) is 0 Å². The number of nitrogens with zero attached hydrogens (tertiary/aromatic N) is 2. The van der Waals surface area contributed by atoms with Gasteiger partial charge in [0.05, 0.1) is 6.61 Å². The van der Waals surface area contributed by atoms with Crippen LogP contribution in [-0.2, 0) is 11.2 Å². The topological polar surface area (TPSA) is 47.0 Å². The Labute approximate surface area is 104 Å². The molecule has 4 heteroatoms. The molecular weight excluding hydrogens is 214 g/mol. The van der Waals surface area contributed by atoms with E-state index in [4.69, 9.17) is 4.74 Å². The van der Waals surface area contributed by atoms with Gasteiger partial charge in [-0.05, 0) is 27.3 Å². The van der Waals surface area contributed by atoms with Crippen molar-refractivity contribution in [1.29, 1.82) is 0 Å². The molecule has 0 spiro atoms. The molecule has 0 saturated heterocycles. The SMILES string of the molecule is CCNC(C)c1cnc(CCOCC)nc1C. The lowest BCUT2D eigenvalue weighted by Crippen LogP contribution is -2.19. The molecule has 0 aliphatic rings. The van der Waals surface area contributed by atoms with Crippen molar-refractivity contribution in [2.45, 2.75) is 40.2 Å². The van der Waals surface area contributed by atoms with Crippen molar-refractivity contribution >= 4 is 0 Å². The molecule has 0 aromatic carbocycles. The Morgan fingerprint density at radius 2 is 2.18 bits per heavy atom. The van der Waals surface area contributed by atoms with E-state index in [2.05, 4.69) is 29.1 Å². The highest BCUT2D eigenvalue weighted by atomic mass is 16.5. The number of aryl methyl sites for hydroxylation is 1. The fourth-order valence-corrected chi connectivity index (χ4v) is 1.79. The molecule has 0 aliphatic carbocycles. The van der Waals surface area contributed by atoms with E-state index in [1.165, 1.54) is 5.56 Å². The molecule has 0 aliphatic heterocycles. The van der Waals surface area contributed by atoms with Crippen LogP contribution >= 0.6 is 0 Å². The van der Waals surface area contributed by atoms with Gasteiger partial charge < -0.3 is 10.1 Å². The van der Waals surface area contributed by atoms with Crippen LogP contribution in [0.1, 0.15) is 43.9 Å². The summed E-state index contributed by atoms with van der Waals surface area (Å²) in [4.78, 5) is 8.90. The van der Waals surface area contributed by atoms with E-state index in [9.17, 15) is 0 Å². The van der Waals surface area contributed by atoms with Crippen molar-refractivity contribution in [3.05, 3.63) is 23.3 Å². The Bertz CT molecular complexity index is 341. The molecule has 0 saturated carbocycles. The number of hydrogen-bond donors (Lipinski definition) is 1. The van der Waals surface area contributed by atoms with Crippen molar-refractivity contribution in [2.75, 3.05) is 19.8 Å². The zero-order chi connectivity index (χ0) is 12.7. The number of aromatic nitrogens is 2. The predicted octanol–water partition coefficient (Wildman–Crippen LogP) is 2.03. The van der Waals surface area contributed by atoms with Gasteiger partial charge in [0.15, 0.2) is 0 Å². The second-order valence-corrected chi connectivity index (χ2v) is 4.05. The van der Waals surface area contributed by atoms with Gasteiger partial charge in [-0.15, -0.1) is 0 Å². The minimum atomic E-state index is 0.306. The summed E-state index contributed by atoms with van der Waals surface area (Å²) in [5.41, 5.74) is 2.23. The molecule has 1 N–H and O–H groups in total. The van der Waals surface area contributed by atoms with Crippen LogP contribution in [0.2, 0.25) is 0 Å². The maximum atomic E-state index is 5.30. The fourth-order valence-electron chi connectivity index (χ4n) is 1.79. The maximum absolute atomic E-state index is 5.30.